The molecule has 0 bridgehead atoms. The van der Waals surface area contributed by atoms with E-state index in [-0.39, 0.29) is 5.41 Å². The predicted octanol–water partition coefficient (Wildman–Crippen LogP) is 9.78. The Hall–Kier alpha value is -2.81. The maximum absolute atomic E-state index is 2.65. The quantitative estimate of drug-likeness (QED) is 0.123. The Morgan fingerprint density at radius 1 is 0.878 bits per heavy atom. The fraction of sp³-hybridized carbons (Fsp3) is 0.553. The lowest BCUT2D eigenvalue weighted by Crippen LogP contribution is -2.31. The highest BCUT2D eigenvalue weighted by molar-refractivity contribution is 6.06. The third kappa shape index (κ3) is 7.53. The van der Waals surface area contributed by atoms with Crippen LogP contribution in [0.25, 0.3) is 6.08 Å². The molecule has 0 saturated heterocycles. The van der Waals surface area contributed by atoms with E-state index in [4.69, 9.17) is 0 Å². The number of anilines is 2. The van der Waals surface area contributed by atoms with Gasteiger partial charge in [-0.25, -0.2) is 0 Å². The molecule has 1 saturated carbocycles. The number of nitrogens with zero attached hydrogens (tertiary/aromatic N) is 3. The Balaban J connectivity index is 1.60. The van der Waals surface area contributed by atoms with Crippen molar-refractivity contribution in [3.63, 3.8) is 0 Å². The summed E-state index contributed by atoms with van der Waals surface area (Å²) < 4.78 is 2.65. The van der Waals surface area contributed by atoms with Gasteiger partial charge in [-0.2, -0.15) is 4.58 Å². The summed E-state index contributed by atoms with van der Waals surface area (Å²) in [5, 5.41) is 0. The van der Waals surface area contributed by atoms with Crippen LogP contribution in [0.4, 0.5) is 17.1 Å². The number of allylic oxidation sites excluding steroid dienone is 3. The van der Waals surface area contributed by atoms with Crippen LogP contribution in [-0.2, 0) is 5.41 Å². The molecule has 41 heavy (non-hydrogen) atoms. The van der Waals surface area contributed by atoms with Crippen LogP contribution in [0.5, 0.6) is 0 Å². The zero-order chi connectivity index (χ0) is 29.2. The molecule has 3 nitrogen and oxygen atoms in total. The Morgan fingerprint density at radius 3 is 2.22 bits per heavy atom. The van der Waals surface area contributed by atoms with Crippen LogP contribution in [0.1, 0.15) is 103 Å². The first-order valence-electron chi connectivity index (χ1n) is 16.5. The molecule has 1 aliphatic heterocycles. The molecule has 2 aromatic rings. The lowest BCUT2D eigenvalue weighted by atomic mass is 9.76. The molecule has 0 N–H and O–H groups in total. The van der Waals surface area contributed by atoms with Gasteiger partial charge in [0.1, 0.15) is 6.54 Å². The number of fused-ring (bicyclic) bond motifs is 1. The summed E-state index contributed by atoms with van der Waals surface area (Å²) in [7, 11) is 4.30. The molecule has 1 heterocycles. The average molecular weight is 555 g/mol. The fourth-order valence-electron chi connectivity index (χ4n) is 7.04. The van der Waals surface area contributed by atoms with Gasteiger partial charge in [0, 0.05) is 62.7 Å². The van der Waals surface area contributed by atoms with E-state index in [0.717, 1.165) is 32.0 Å². The summed E-state index contributed by atoms with van der Waals surface area (Å²) in [6.07, 6.45) is 23.0. The van der Waals surface area contributed by atoms with Gasteiger partial charge >= 0.3 is 0 Å². The van der Waals surface area contributed by atoms with Crippen molar-refractivity contribution in [3.05, 3.63) is 71.8 Å². The molecule has 0 amide bonds. The van der Waals surface area contributed by atoms with E-state index in [1.165, 1.54) is 91.7 Å². The van der Waals surface area contributed by atoms with E-state index < -0.39 is 0 Å². The Kier molecular flexibility index (Phi) is 11.3. The van der Waals surface area contributed by atoms with Crippen molar-refractivity contribution in [3.8, 4) is 0 Å². The molecule has 0 radical (unpaired) electrons. The van der Waals surface area contributed by atoms with Gasteiger partial charge in [-0.1, -0.05) is 69.2 Å². The van der Waals surface area contributed by atoms with Gasteiger partial charge in [0.05, 0.1) is 5.41 Å². The molecule has 0 aromatic heterocycles. The standard InChI is InChI=1S/C38H56N3/c1-7-10-28-38(4)35-30-34(39(5)6)25-26-36(35)41(29-16-12-11-13-17-31-18-14-15-19-31)37(38)27-22-32-20-23-33(24-21-32)40(8-2)9-3/h7,10,20-27,30-31H,8-9,11-19,28-29H2,1-6H3/q+1. The van der Waals surface area contributed by atoms with Crippen molar-refractivity contribution in [2.75, 3.05) is 43.5 Å². The maximum atomic E-state index is 2.65. The van der Waals surface area contributed by atoms with Gasteiger partial charge in [0.25, 0.3) is 0 Å². The zero-order valence-electron chi connectivity index (χ0n) is 27.0. The molecular formula is C38H56N3+. The molecule has 0 spiro atoms. The summed E-state index contributed by atoms with van der Waals surface area (Å²) >= 11 is 0. The average Bonchev–Trinajstić information content (AvgIpc) is 3.58. The van der Waals surface area contributed by atoms with E-state index in [0.29, 0.717) is 0 Å². The topological polar surface area (TPSA) is 9.49 Å². The number of benzene rings is 2. The Labute approximate surface area is 251 Å². The number of hydrogen-bond acceptors (Lipinski definition) is 2. The number of hydrogen-bond donors (Lipinski definition) is 0. The van der Waals surface area contributed by atoms with Crippen molar-refractivity contribution < 1.29 is 4.58 Å². The molecular weight excluding hydrogens is 498 g/mol. The van der Waals surface area contributed by atoms with E-state index in [9.17, 15) is 0 Å². The van der Waals surface area contributed by atoms with Crippen LogP contribution < -0.4 is 9.80 Å². The highest BCUT2D eigenvalue weighted by atomic mass is 15.1. The first kappa shape index (κ1) is 31.1. The summed E-state index contributed by atoms with van der Waals surface area (Å²) in [6, 6.07) is 16.2. The van der Waals surface area contributed by atoms with E-state index in [1.807, 2.05) is 0 Å². The van der Waals surface area contributed by atoms with Gasteiger partial charge < -0.3 is 9.80 Å². The highest BCUT2D eigenvalue weighted by Crippen LogP contribution is 2.44. The van der Waals surface area contributed by atoms with E-state index in [2.05, 4.69) is 123 Å². The number of unbranched alkanes of at least 4 members (excludes halogenated alkanes) is 3. The Morgan fingerprint density at radius 2 is 1.56 bits per heavy atom. The Bertz CT molecular complexity index is 1190. The van der Waals surface area contributed by atoms with Crippen molar-refractivity contribution in [2.24, 2.45) is 5.92 Å². The van der Waals surface area contributed by atoms with E-state index >= 15 is 0 Å². The molecule has 1 atom stereocenters. The van der Waals surface area contributed by atoms with Crippen molar-refractivity contribution in [2.45, 2.75) is 97.3 Å². The third-order valence-corrected chi connectivity index (χ3v) is 9.67. The van der Waals surface area contributed by atoms with Crippen molar-refractivity contribution in [1.82, 2.24) is 0 Å². The second kappa shape index (κ2) is 14.9. The molecule has 1 unspecified atom stereocenters. The highest BCUT2D eigenvalue weighted by Gasteiger charge is 2.47. The number of rotatable bonds is 15. The first-order chi connectivity index (χ1) is 19.9. The summed E-state index contributed by atoms with van der Waals surface area (Å²) in [5.74, 6) is 1.02. The maximum Gasteiger partial charge on any atom is 0.209 e. The van der Waals surface area contributed by atoms with Gasteiger partial charge in [0.2, 0.25) is 5.69 Å². The minimum Gasteiger partial charge on any atom is -0.378 e. The smallest absolute Gasteiger partial charge is 0.209 e. The monoisotopic (exact) mass is 554 g/mol. The molecule has 222 valence electrons. The van der Waals surface area contributed by atoms with Crippen molar-refractivity contribution >= 4 is 28.8 Å². The zero-order valence-corrected chi connectivity index (χ0v) is 27.0. The van der Waals surface area contributed by atoms with Gasteiger partial charge in [-0.15, -0.1) is 0 Å². The second-order valence-electron chi connectivity index (χ2n) is 12.7. The van der Waals surface area contributed by atoms with Gasteiger partial charge in [-0.3, -0.25) is 0 Å². The summed E-state index contributed by atoms with van der Waals surface area (Å²) in [6.45, 7) is 12.2. The molecule has 3 heteroatoms. The minimum absolute atomic E-state index is 0.0615. The lowest BCUT2D eigenvalue weighted by molar-refractivity contribution is -0.438. The minimum atomic E-state index is -0.0615. The van der Waals surface area contributed by atoms with Crippen molar-refractivity contribution in [1.29, 1.82) is 0 Å². The molecule has 1 fully saturated rings. The van der Waals surface area contributed by atoms with E-state index in [1.54, 1.807) is 0 Å². The van der Waals surface area contributed by atoms with Gasteiger partial charge in [-0.05, 0) is 82.4 Å². The van der Waals surface area contributed by atoms with Crippen LogP contribution in [0.2, 0.25) is 0 Å². The third-order valence-electron chi connectivity index (χ3n) is 9.67. The molecule has 4 rings (SSSR count). The lowest BCUT2D eigenvalue weighted by Gasteiger charge is -2.22. The fourth-order valence-corrected chi connectivity index (χ4v) is 7.04. The van der Waals surface area contributed by atoms with Crippen LogP contribution in [0.15, 0.2) is 60.7 Å². The SMILES string of the molecule is CC=CCC1(C)C(C=Cc2ccc(N(CC)CC)cc2)=[N+](CCCCCCC2CCCC2)c2ccc(N(C)C)cc21. The normalized spacial score (nSPS) is 19.2. The van der Waals surface area contributed by atoms with Crippen LogP contribution in [0, 0.1) is 5.92 Å². The molecule has 1 aliphatic carbocycles. The van der Waals surface area contributed by atoms with Crippen LogP contribution in [-0.4, -0.2) is 44.0 Å². The largest absolute Gasteiger partial charge is 0.378 e. The second-order valence-corrected chi connectivity index (χ2v) is 12.7. The summed E-state index contributed by atoms with van der Waals surface area (Å²) in [4.78, 5) is 4.64. The van der Waals surface area contributed by atoms with Gasteiger partial charge in [0.15, 0.2) is 5.71 Å². The molecule has 2 aliphatic rings. The first-order valence-corrected chi connectivity index (χ1v) is 16.5. The predicted molar refractivity (Wildman–Crippen MR) is 181 cm³/mol. The van der Waals surface area contributed by atoms with Crippen LogP contribution in [0.3, 0.4) is 0 Å². The van der Waals surface area contributed by atoms with Crippen LogP contribution >= 0.6 is 0 Å². The summed E-state index contributed by atoms with van der Waals surface area (Å²) in [5.41, 5.74) is 8.06. The molecule has 2 aromatic carbocycles.